The summed E-state index contributed by atoms with van der Waals surface area (Å²) >= 11 is 16.8. The lowest BCUT2D eigenvalue weighted by Crippen LogP contribution is -2.40. The summed E-state index contributed by atoms with van der Waals surface area (Å²) in [5, 5.41) is 36.1. The number of ether oxygens (including phenoxy) is 1. The molecule has 156 valence electrons. The van der Waals surface area contributed by atoms with Gasteiger partial charge < -0.3 is 25.2 Å². The van der Waals surface area contributed by atoms with E-state index >= 15 is 0 Å². The molecule has 1 rings (SSSR count). The first-order valence-electron chi connectivity index (χ1n) is 8.05. The van der Waals surface area contributed by atoms with Crippen LogP contribution in [0.25, 0.3) is 0 Å². The molecule has 0 radical (unpaired) electrons. The average molecular weight is 448 g/mol. The Morgan fingerprint density at radius 3 is 1.85 bits per heavy atom. The maximum Gasteiger partial charge on any atom is 0.341 e. The van der Waals surface area contributed by atoms with Crippen molar-refractivity contribution in [3.63, 3.8) is 0 Å². The largest absolute Gasteiger partial charge is 0.479 e. The second kappa shape index (κ2) is 13.3. The first kappa shape index (κ1) is 26.1. The molecule has 1 heterocycles. The predicted octanol–water partition coefficient (Wildman–Crippen LogP) is 1.94. The zero-order valence-corrected chi connectivity index (χ0v) is 17.5. The molecular weight excluding hydrogens is 423 g/mol. The number of aliphatic carboxylic acids is 1. The summed E-state index contributed by atoms with van der Waals surface area (Å²) in [7, 11) is 0. The van der Waals surface area contributed by atoms with Crippen LogP contribution in [0.5, 0.6) is 5.88 Å². The van der Waals surface area contributed by atoms with E-state index in [0.29, 0.717) is 19.6 Å². The number of nitrogens with zero attached hydrogens (tertiary/aromatic N) is 2. The number of hydrogen-bond donors (Lipinski definition) is 4. The minimum Gasteiger partial charge on any atom is -0.479 e. The summed E-state index contributed by atoms with van der Waals surface area (Å²) in [5.41, 5.74) is 0. The van der Waals surface area contributed by atoms with Gasteiger partial charge in [-0.1, -0.05) is 34.8 Å². The van der Waals surface area contributed by atoms with Crippen molar-refractivity contribution in [2.45, 2.75) is 39.1 Å². The van der Waals surface area contributed by atoms with Crippen molar-refractivity contribution in [2.24, 2.45) is 0 Å². The Bertz CT molecular complexity index is 564. The fourth-order valence-electron chi connectivity index (χ4n) is 2.00. The molecule has 0 saturated carbocycles. The van der Waals surface area contributed by atoms with E-state index in [2.05, 4.69) is 4.98 Å². The Labute approximate surface area is 173 Å². The maximum absolute atomic E-state index is 10.2. The number of aliphatic hydroxyl groups is 3. The van der Waals surface area contributed by atoms with Gasteiger partial charge >= 0.3 is 5.97 Å². The molecular formula is C16H25Cl3N2O6. The van der Waals surface area contributed by atoms with Crippen LogP contribution in [0.2, 0.25) is 15.2 Å². The maximum atomic E-state index is 10.2. The topological polar surface area (TPSA) is 123 Å². The number of pyridine rings is 1. The molecule has 1 aromatic rings. The Morgan fingerprint density at radius 1 is 1.04 bits per heavy atom. The van der Waals surface area contributed by atoms with E-state index in [-0.39, 0.29) is 21.1 Å². The normalized spacial score (nSPS) is 14.1. The number of hydrogen-bond acceptors (Lipinski definition) is 7. The summed E-state index contributed by atoms with van der Waals surface area (Å²) in [6.45, 7) is 5.98. The number of aliphatic hydroxyl groups excluding tert-OH is 3. The van der Waals surface area contributed by atoms with Crippen molar-refractivity contribution >= 4 is 40.8 Å². The van der Waals surface area contributed by atoms with Gasteiger partial charge in [0.15, 0.2) is 11.8 Å². The number of carboxylic acid groups (broad SMARTS) is 1. The Balaban J connectivity index is 0.000000503. The summed E-state index contributed by atoms with van der Waals surface area (Å²) in [6, 6.07) is 1.33. The first-order valence-corrected chi connectivity index (χ1v) is 9.18. The molecule has 0 bridgehead atoms. The van der Waals surface area contributed by atoms with Crippen LogP contribution < -0.4 is 4.74 Å². The van der Waals surface area contributed by atoms with Gasteiger partial charge in [0.1, 0.15) is 5.02 Å². The van der Waals surface area contributed by atoms with Gasteiger partial charge in [0.05, 0.1) is 23.3 Å². The van der Waals surface area contributed by atoms with Crippen LogP contribution in [0.3, 0.4) is 0 Å². The molecule has 0 saturated heterocycles. The van der Waals surface area contributed by atoms with Gasteiger partial charge in [-0.05, 0) is 26.8 Å². The second-order valence-electron chi connectivity index (χ2n) is 6.00. The third-order valence-electron chi connectivity index (χ3n) is 2.75. The molecule has 1 aromatic heterocycles. The van der Waals surface area contributed by atoms with Crippen LogP contribution in [0.1, 0.15) is 20.8 Å². The third kappa shape index (κ3) is 13.0. The predicted molar refractivity (Wildman–Crippen MR) is 104 cm³/mol. The van der Waals surface area contributed by atoms with Crippen LogP contribution >= 0.6 is 34.8 Å². The minimum atomic E-state index is -1.13. The lowest BCUT2D eigenvalue weighted by atomic mass is 10.2. The third-order valence-corrected chi connectivity index (χ3v) is 3.70. The molecule has 3 atom stereocenters. The summed E-state index contributed by atoms with van der Waals surface area (Å²) in [4.78, 5) is 15.7. The minimum absolute atomic E-state index is 0.0106. The summed E-state index contributed by atoms with van der Waals surface area (Å²) in [5.74, 6) is -1.18. The quantitative estimate of drug-likeness (QED) is 0.423. The van der Waals surface area contributed by atoms with E-state index in [1.807, 2.05) is 4.90 Å². The van der Waals surface area contributed by atoms with Gasteiger partial charge in [-0.15, -0.1) is 0 Å². The second-order valence-corrected chi connectivity index (χ2v) is 7.17. The Kier molecular flexibility index (Phi) is 12.9. The van der Waals surface area contributed by atoms with E-state index in [4.69, 9.17) is 60.0 Å². The highest BCUT2D eigenvalue weighted by atomic mass is 35.5. The van der Waals surface area contributed by atoms with Crippen LogP contribution in [-0.2, 0) is 4.79 Å². The molecule has 8 nitrogen and oxygen atoms in total. The van der Waals surface area contributed by atoms with Gasteiger partial charge in [0.25, 0.3) is 0 Å². The number of halogens is 3. The molecule has 0 aliphatic rings. The zero-order valence-electron chi connectivity index (χ0n) is 15.3. The van der Waals surface area contributed by atoms with Crippen molar-refractivity contribution < 1.29 is 30.0 Å². The number of rotatable bonds is 9. The number of carboxylic acids is 1. The van der Waals surface area contributed by atoms with E-state index < -0.39 is 30.9 Å². The van der Waals surface area contributed by atoms with E-state index in [1.165, 1.54) is 6.07 Å². The number of carbonyl (C=O) groups is 1. The molecule has 4 N–H and O–H groups in total. The molecule has 0 aliphatic heterocycles. The van der Waals surface area contributed by atoms with Crippen LogP contribution in [0, 0.1) is 0 Å². The van der Waals surface area contributed by atoms with Gasteiger partial charge in [-0.3, -0.25) is 4.90 Å². The first-order chi connectivity index (χ1) is 12.4. The zero-order chi connectivity index (χ0) is 21.1. The standard InChI is InChI=1S/C9H21NO3.C7H4Cl3NO3/c1-7(11)4-10(5-8(2)12)6-9(3)13;8-3-1-4(9)7(11-6(3)10)14-2-5(12)13/h7-9,11-13H,4-6H2,1-3H3;1H,2H2,(H,12,13). The monoisotopic (exact) mass is 446 g/mol. The smallest absolute Gasteiger partial charge is 0.341 e. The van der Waals surface area contributed by atoms with Crippen molar-refractivity contribution in [1.82, 2.24) is 9.88 Å². The molecule has 27 heavy (non-hydrogen) atoms. The van der Waals surface area contributed by atoms with Gasteiger partial charge in [0.2, 0.25) is 5.88 Å². The van der Waals surface area contributed by atoms with Crippen molar-refractivity contribution in [2.75, 3.05) is 26.2 Å². The highest BCUT2D eigenvalue weighted by Gasteiger charge is 2.13. The number of aromatic nitrogens is 1. The summed E-state index contributed by atoms with van der Waals surface area (Å²) in [6.07, 6.45) is -1.30. The molecule has 3 unspecified atom stereocenters. The molecule has 0 spiro atoms. The summed E-state index contributed by atoms with van der Waals surface area (Å²) < 4.78 is 4.75. The Morgan fingerprint density at radius 2 is 1.48 bits per heavy atom. The lowest BCUT2D eigenvalue weighted by molar-refractivity contribution is -0.139. The average Bonchev–Trinajstić information content (AvgIpc) is 2.48. The van der Waals surface area contributed by atoms with Crippen LogP contribution in [0.4, 0.5) is 0 Å². The van der Waals surface area contributed by atoms with E-state index in [9.17, 15) is 4.79 Å². The SMILES string of the molecule is CC(O)CN(CC(C)O)CC(C)O.O=C(O)COc1nc(Cl)c(Cl)cc1Cl. The lowest BCUT2D eigenvalue weighted by Gasteiger charge is -2.25. The Hall–Kier alpha value is -0.870. The van der Waals surface area contributed by atoms with Gasteiger partial charge in [-0.25, -0.2) is 4.79 Å². The van der Waals surface area contributed by atoms with E-state index in [0.717, 1.165) is 0 Å². The van der Waals surface area contributed by atoms with Gasteiger partial charge in [0, 0.05) is 19.6 Å². The highest BCUT2D eigenvalue weighted by molar-refractivity contribution is 6.42. The molecule has 0 fully saturated rings. The molecule has 11 heteroatoms. The van der Waals surface area contributed by atoms with E-state index in [1.54, 1.807) is 20.8 Å². The fourth-order valence-corrected chi connectivity index (χ4v) is 2.55. The fraction of sp³-hybridized carbons (Fsp3) is 0.625. The molecule has 0 aromatic carbocycles. The van der Waals surface area contributed by atoms with Crippen LogP contribution in [-0.4, -0.2) is 80.8 Å². The molecule has 0 amide bonds. The van der Waals surface area contributed by atoms with Crippen molar-refractivity contribution in [1.29, 1.82) is 0 Å². The highest BCUT2D eigenvalue weighted by Crippen LogP contribution is 2.30. The van der Waals surface area contributed by atoms with Crippen molar-refractivity contribution in [3.05, 3.63) is 21.3 Å². The van der Waals surface area contributed by atoms with Crippen LogP contribution in [0.15, 0.2) is 6.07 Å². The molecule has 0 aliphatic carbocycles. The van der Waals surface area contributed by atoms with Crippen molar-refractivity contribution in [3.8, 4) is 5.88 Å². The van der Waals surface area contributed by atoms with Gasteiger partial charge in [-0.2, -0.15) is 4.98 Å².